The third kappa shape index (κ3) is 3.12. The van der Waals surface area contributed by atoms with E-state index in [4.69, 9.17) is 20.8 Å². The second-order valence-electron chi connectivity index (χ2n) is 4.65. The molecule has 0 radical (unpaired) electrons. The molecule has 2 aromatic carbocycles. The zero-order valence-electron chi connectivity index (χ0n) is 12.2. The van der Waals surface area contributed by atoms with E-state index < -0.39 is 0 Å². The monoisotopic (exact) mass is 325 g/mol. The van der Waals surface area contributed by atoms with E-state index in [2.05, 4.69) is 16.4 Å². The van der Waals surface area contributed by atoms with E-state index in [1.54, 1.807) is 25.3 Å². The Balaban J connectivity index is 1.93. The van der Waals surface area contributed by atoms with E-state index in [1.807, 2.05) is 24.3 Å². The summed E-state index contributed by atoms with van der Waals surface area (Å²) in [5, 5.41) is 12.9. The molecule has 0 aliphatic carbocycles. The lowest BCUT2D eigenvalue weighted by Crippen LogP contribution is -1.94. The third-order valence-electron chi connectivity index (χ3n) is 3.18. The topological polar surface area (TPSA) is 71.1 Å². The molecule has 3 rings (SSSR count). The second kappa shape index (κ2) is 6.42. The Kier molecular flexibility index (Phi) is 4.18. The molecule has 6 heteroatoms. The zero-order chi connectivity index (χ0) is 16.2. The van der Waals surface area contributed by atoms with Gasteiger partial charge in [-0.3, -0.25) is 0 Å². The number of hydrogen-bond acceptors (Lipinski definition) is 5. The van der Waals surface area contributed by atoms with Crippen LogP contribution in [0, 0.1) is 11.3 Å². The number of methoxy groups -OCH3 is 1. The number of halogens is 1. The van der Waals surface area contributed by atoms with Gasteiger partial charge in [0.25, 0.3) is 0 Å². The lowest BCUT2D eigenvalue weighted by molar-refractivity contribution is 0.417. The fourth-order valence-electron chi connectivity index (χ4n) is 2.07. The lowest BCUT2D eigenvalue weighted by atomic mass is 10.2. The molecule has 0 bridgehead atoms. The number of allylic oxidation sites excluding steroid dienone is 1. The number of aromatic nitrogens is 1. The van der Waals surface area contributed by atoms with Crippen LogP contribution < -0.4 is 10.1 Å². The fourth-order valence-corrected chi connectivity index (χ4v) is 2.24. The maximum Gasteiger partial charge on any atom is 0.239 e. The highest BCUT2D eigenvalue weighted by Crippen LogP contribution is 2.26. The molecule has 0 aliphatic heterocycles. The summed E-state index contributed by atoms with van der Waals surface area (Å²) in [6.07, 6.45) is 1.53. The van der Waals surface area contributed by atoms with E-state index in [1.165, 1.54) is 6.20 Å². The van der Waals surface area contributed by atoms with Gasteiger partial charge in [0, 0.05) is 11.2 Å². The van der Waals surface area contributed by atoms with Crippen molar-refractivity contribution in [2.45, 2.75) is 0 Å². The number of para-hydroxylation sites is 2. The number of hydrogen-bond donors (Lipinski definition) is 1. The van der Waals surface area contributed by atoms with Crippen LogP contribution in [0.5, 0.6) is 5.75 Å². The van der Waals surface area contributed by atoms with E-state index in [-0.39, 0.29) is 11.5 Å². The van der Waals surface area contributed by atoms with E-state index in [9.17, 15) is 5.26 Å². The molecule has 0 atom stereocenters. The molecule has 1 N–H and O–H groups in total. The van der Waals surface area contributed by atoms with Crippen molar-refractivity contribution in [3.63, 3.8) is 0 Å². The number of nitrogens with one attached hydrogen (secondary N) is 1. The summed E-state index contributed by atoms with van der Waals surface area (Å²) in [6.45, 7) is 0. The van der Waals surface area contributed by atoms with E-state index in [0.717, 1.165) is 5.69 Å². The Morgan fingerprint density at radius 1 is 1.35 bits per heavy atom. The molecule has 0 unspecified atom stereocenters. The van der Waals surface area contributed by atoms with Crippen molar-refractivity contribution in [1.82, 2.24) is 4.98 Å². The first-order valence-corrected chi connectivity index (χ1v) is 7.15. The molecule has 0 spiro atoms. The van der Waals surface area contributed by atoms with Gasteiger partial charge in [-0.15, -0.1) is 0 Å². The van der Waals surface area contributed by atoms with Crippen LogP contribution in [-0.4, -0.2) is 12.1 Å². The highest BCUT2D eigenvalue weighted by Gasteiger charge is 2.11. The molecule has 23 heavy (non-hydrogen) atoms. The van der Waals surface area contributed by atoms with Crippen molar-refractivity contribution in [3.8, 4) is 11.8 Å². The number of ether oxygens (including phenoxy) is 1. The molecule has 0 saturated heterocycles. The van der Waals surface area contributed by atoms with Gasteiger partial charge in [-0.1, -0.05) is 23.7 Å². The standard InChI is InChI=1S/C17H12ClN3O2/c1-22-15-5-3-2-4-13(15)20-10-11(9-19)17-21-14-8-12(18)6-7-16(14)23-17/h2-8,10,20H,1H3/b11-10-. The van der Waals surface area contributed by atoms with Gasteiger partial charge in [0.1, 0.15) is 22.9 Å². The van der Waals surface area contributed by atoms with Crippen LogP contribution in [0.3, 0.4) is 0 Å². The van der Waals surface area contributed by atoms with Gasteiger partial charge >= 0.3 is 0 Å². The first-order chi connectivity index (χ1) is 11.2. The molecule has 3 aromatic rings. The number of fused-ring (bicyclic) bond motifs is 1. The highest BCUT2D eigenvalue weighted by atomic mass is 35.5. The van der Waals surface area contributed by atoms with E-state index in [0.29, 0.717) is 21.9 Å². The summed E-state index contributed by atoms with van der Waals surface area (Å²) >= 11 is 5.93. The van der Waals surface area contributed by atoms with Crippen LogP contribution >= 0.6 is 11.6 Å². The van der Waals surface area contributed by atoms with Crippen LogP contribution in [0.4, 0.5) is 5.69 Å². The predicted octanol–water partition coefficient (Wildman–Crippen LogP) is 4.47. The van der Waals surface area contributed by atoms with Crippen LogP contribution in [0.15, 0.2) is 53.1 Å². The van der Waals surface area contributed by atoms with Crippen molar-refractivity contribution in [1.29, 1.82) is 5.26 Å². The van der Waals surface area contributed by atoms with Crippen LogP contribution in [0.2, 0.25) is 5.02 Å². The molecular formula is C17H12ClN3O2. The lowest BCUT2D eigenvalue weighted by Gasteiger charge is -2.07. The summed E-state index contributed by atoms with van der Waals surface area (Å²) in [7, 11) is 1.58. The Labute approximate surface area is 137 Å². The molecule has 114 valence electrons. The Morgan fingerprint density at radius 3 is 2.96 bits per heavy atom. The number of benzene rings is 2. The van der Waals surface area contributed by atoms with Crippen LogP contribution in [-0.2, 0) is 0 Å². The summed E-state index contributed by atoms with van der Waals surface area (Å²) in [5.74, 6) is 0.901. The first-order valence-electron chi connectivity index (χ1n) is 6.77. The minimum Gasteiger partial charge on any atom is -0.495 e. The van der Waals surface area contributed by atoms with Crippen molar-refractivity contribution in [2.24, 2.45) is 0 Å². The quantitative estimate of drug-likeness (QED) is 0.717. The average Bonchev–Trinajstić information content (AvgIpc) is 2.98. The van der Waals surface area contributed by atoms with E-state index >= 15 is 0 Å². The largest absolute Gasteiger partial charge is 0.495 e. The van der Waals surface area contributed by atoms with Crippen molar-refractivity contribution < 1.29 is 9.15 Å². The van der Waals surface area contributed by atoms with Crippen molar-refractivity contribution in [3.05, 3.63) is 59.6 Å². The normalized spacial score (nSPS) is 11.3. The predicted molar refractivity (Wildman–Crippen MR) is 89.2 cm³/mol. The summed E-state index contributed by atoms with van der Waals surface area (Å²) in [5.41, 5.74) is 2.18. The minimum atomic E-state index is 0.229. The SMILES string of the molecule is COc1ccccc1N/C=C(/C#N)c1nc2cc(Cl)ccc2o1. The third-order valence-corrected chi connectivity index (χ3v) is 3.41. The van der Waals surface area contributed by atoms with Gasteiger partial charge in [-0.05, 0) is 30.3 Å². The van der Waals surface area contributed by atoms with Gasteiger partial charge < -0.3 is 14.5 Å². The van der Waals surface area contributed by atoms with Gasteiger partial charge in [-0.2, -0.15) is 5.26 Å². The van der Waals surface area contributed by atoms with Crippen molar-refractivity contribution >= 4 is 34.0 Å². The Hall–Kier alpha value is -2.97. The second-order valence-corrected chi connectivity index (χ2v) is 5.08. The molecule has 1 aromatic heterocycles. The number of rotatable bonds is 4. The molecular weight excluding hydrogens is 314 g/mol. The first kappa shape index (κ1) is 14.9. The molecule has 0 amide bonds. The highest BCUT2D eigenvalue weighted by molar-refractivity contribution is 6.31. The van der Waals surface area contributed by atoms with Crippen LogP contribution in [0.1, 0.15) is 5.89 Å². The van der Waals surface area contributed by atoms with Crippen molar-refractivity contribution in [2.75, 3.05) is 12.4 Å². The average molecular weight is 326 g/mol. The van der Waals surface area contributed by atoms with Gasteiger partial charge in [0.05, 0.1) is 12.8 Å². The molecule has 1 heterocycles. The molecule has 0 fully saturated rings. The molecule has 0 aliphatic rings. The summed E-state index contributed by atoms with van der Waals surface area (Å²) < 4.78 is 10.8. The summed E-state index contributed by atoms with van der Waals surface area (Å²) in [4.78, 5) is 4.29. The van der Waals surface area contributed by atoms with Gasteiger partial charge in [-0.25, -0.2) is 4.98 Å². The zero-order valence-corrected chi connectivity index (χ0v) is 13.0. The number of nitrogens with zero attached hydrogens (tertiary/aromatic N) is 2. The minimum absolute atomic E-state index is 0.229. The Bertz CT molecular complexity index is 925. The molecule has 0 saturated carbocycles. The Morgan fingerprint density at radius 2 is 2.17 bits per heavy atom. The van der Waals surface area contributed by atoms with Crippen LogP contribution in [0.25, 0.3) is 16.7 Å². The number of nitriles is 1. The smallest absolute Gasteiger partial charge is 0.239 e. The molecule has 5 nitrogen and oxygen atoms in total. The maximum atomic E-state index is 9.35. The fraction of sp³-hybridized carbons (Fsp3) is 0.0588. The summed E-state index contributed by atoms with van der Waals surface area (Å²) in [6, 6.07) is 14.6. The maximum absolute atomic E-state index is 9.35. The van der Waals surface area contributed by atoms with Gasteiger partial charge in [0.15, 0.2) is 5.58 Å². The number of oxazole rings is 1. The number of anilines is 1. The van der Waals surface area contributed by atoms with Gasteiger partial charge in [0.2, 0.25) is 5.89 Å².